The van der Waals surface area contributed by atoms with Gasteiger partial charge in [-0.25, -0.2) is 0 Å². The molecule has 4 aliphatic rings. The van der Waals surface area contributed by atoms with Crippen LogP contribution >= 0.6 is 0 Å². The van der Waals surface area contributed by atoms with Crippen LogP contribution in [0.2, 0.25) is 0 Å². The first-order chi connectivity index (χ1) is 16.2. The highest BCUT2D eigenvalue weighted by atomic mass is 16.4. The molecule has 5 heteroatoms. The molecule has 4 rings (SSSR count). The summed E-state index contributed by atoms with van der Waals surface area (Å²) in [5.41, 5.74) is 0.333. The largest absolute Gasteiger partial charge is 0.481 e. The molecular formula is C30H48O5. The van der Waals surface area contributed by atoms with E-state index in [1.54, 1.807) is 0 Å². The zero-order chi connectivity index (χ0) is 26.1. The second-order valence-electron chi connectivity index (χ2n) is 13.5. The predicted octanol–water partition coefficient (Wildman–Crippen LogP) is 5.20. The first-order valence-corrected chi connectivity index (χ1v) is 13.7. The van der Waals surface area contributed by atoms with Gasteiger partial charge in [0.2, 0.25) is 0 Å². The van der Waals surface area contributed by atoms with Gasteiger partial charge in [-0.3, -0.25) is 4.79 Å². The van der Waals surface area contributed by atoms with Crippen molar-refractivity contribution in [1.29, 1.82) is 0 Å². The van der Waals surface area contributed by atoms with Gasteiger partial charge in [-0.15, -0.1) is 0 Å². The molecule has 11 atom stereocenters. The van der Waals surface area contributed by atoms with E-state index in [4.69, 9.17) is 0 Å². The lowest BCUT2D eigenvalue weighted by Gasteiger charge is -2.72. The topological polar surface area (TPSA) is 98.0 Å². The first-order valence-electron chi connectivity index (χ1n) is 13.7. The van der Waals surface area contributed by atoms with Crippen LogP contribution in [-0.2, 0) is 4.79 Å². The second kappa shape index (κ2) is 8.70. The molecule has 0 saturated heterocycles. The Bertz CT molecular complexity index is 897. The van der Waals surface area contributed by atoms with Gasteiger partial charge in [-0.05, 0) is 106 Å². The second-order valence-corrected chi connectivity index (χ2v) is 13.5. The highest BCUT2D eigenvalue weighted by Crippen LogP contribution is 2.76. The molecule has 0 radical (unpaired) electrons. The molecule has 0 heterocycles. The van der Waals surface area contributed by atoms with Crippen LogP contribution in [-0.4, -0.2) is 45.2 Å². The monoisotopic (exact) mass is 488 g/mol. The van der Waals surface area contributed by atoms with E-state index in [1.165, 1.54) is 0 Å². The maximum absolute atomic E-state index is 12.8. The molecule has 4 saturated carbocycles. The van der Waals surface area contributed by atoms with E-state index in [-0.39, 0.29) is 53.4 Å². The number of hydrogen-bond donors (Lipinski definition) is 4. The van der Waals surface area contributed by atoms with Crippen molar-refractivity contribution in [2.24, 2.45) is 51.2 Å². The molecule has 4 aliphatic carbocycles. The summed E-state index contributed by atoms with van der Waals surface area (Å²) in [6.07, 6.45) is 4.30. The number of aliphatic hydroxyl groups excluding tert-OH is 3. The Morgan fingerprint density at radius 3 is 2.20 bits per heavy atom. The van der Waals surface area contributed by atoms with Crippen molar-refractivity contribution in [2.45, 2.75) is 98.2 Å². The molecule has 0 unspecified atom stereocenters. The number of aliphatic hydroxyl groups is 3. The molecule has 0 aromatic rings. The van der Waals surface area contributed by atoms with E-state index in [0.717, 1.165) is 36.8 Å². The van der Waals surface area contributed by atoms with E-state index in [2.05, 4.69) is 33.9 Å². The van der Waals surface area contributed by atoms with Crippen molar-refractivity contribution in [1.82, 2.24) is 0 Å². The smallest absolute Gasteiger partial charge is 0.309 e. The van der Waals surface area contributed by atoms with Gasteiger partial charge >= 0.3 is 5.97 Å². The summed E-state index contributed by atoms with van der Waals surface area (Å²) >= 11 is 0. The quantitative estimate of drug-likeness (QED) is 0.385. The SMILES string of the molecule is C=C(C)[C@@H]1CC[C@]2(C(=O)O)CC[C@]3(C)[C@H](C[C@@H](O)[C@@H]4[C@@](C)([C@H](O)CCO)[C@H](C(=C)C)CC[C@]43C)[C@@H]12. The lowest BCUT2D eigenvalue weighted by Crippen LogP contribution is -2.69. The van der Waals surface area contributed by atoms with Crippen molar-refractivity contribution in [3.63, 3.8) is 0 Å². The summed E-state index contributed by atoms with van der Waals surface area (Å²) in [6.45, 7) is 19.3. The Hall–Kier alpha value is -1.17. The van der Waals surface area contributed by atoms with Gasteiger partial charge in [0.25, 0.3) is 0 Å². The maximum Gasteiger partial charge on any atom is 0.309 e. The summed E-state index contributed by atoms with van der Waals surface area (Å²) < 4.78 is 0. The van der Waals surface area contributed by atoms with Crippen molar-refractivity contribution >= 4 is 5.97 Å². The molecule has 5 nitrogen and oxygen atoms in total. The number of hydrogen-bond acceptors (Lipinski definition) is 4. The lowest BCUT2D eigenvalue weighted by molar-refractivity contribution is -0.266. The molecule has 0 amide bonds. The minimum absolute atomic E-state index is 0.0174. The average molecular weight is 489 g/mol. The zero-order valence-electron chi connectivity index (χ0n) is 22.5. The van der Waals surface area contributed by atoms with Gasteiger partial charge in [0.15, 0.2) is 0 Å². The number of allylic oxidation sites excluding steroid dienone is 2. The van der Waals surface area contributed by atoms with E-state index in [0.29, 0.717) is 19.3 Å². The number of aliphatic carboxylic acids is 1. The van der Waals surface area contributed by atoms with Crippen LogP contribution in [0.15, 0.2) is 24.3 Å². The fourth-order valence-electron chi connectivity index (χ4n) is 10.5. The van der Waals surface area contributed by atoms with Crippen LogP contribution in [0, 0.1) is 51.2 Å². The molecule has 198 valence electrons. The zero-order valence-corrected chi connectivity index (χ0v) is 22.5. The number of fused-ring (bicyclic) bond motifs is 5. The van der Waals surface area contributed by atoms with Crippen LogP contribution in [0.5, 0.6) is 0 Å². The van der Waals surface area contributed by atoms with Gasteiger partial charge < -0.3 is 20.4 Å². The minimum atomic E-state index is -0.745. The predicted molar refractivity (Wildman–Crippen MR) is 138 cm³/mol. The average Bonchev–Trinajstić information content (AvgIpc) is 3.16. The molecule has 4 fully saturated rings. The van der Waals surface area contributed by atoms with E-state index >= 15 is 0 Å². The number of carboxylic acids is 1. The molecule has 0 aromatic heterocycles. The lowest BCUT2D eigenvalue weighted by atomic mass is 9.33. The third-order valence-corrected chi connectivity index (χ3v) is 12.3. The van der Waals surface area contributed by atoms with Crippen LogP contribution in [0.25, 0.3) is 0 Å². The van der Waals surface area contributed by atoms with Crippen LogP contribution in [0.1, 0.15) is 86.0 Å². The molecule has 4 N–H and O–H groups in total. The molecular weight excluding hydrogens is 440 g/mol. The molecule has 0 aliphatic heterocycles. The number of carboxylic acid groups (broad SMARTS) is 1. The molecule has 0 spiro atoms. The van der Waals surface area contributed by atoms with Crippen LogP contribution < -0.4 is 0 Å². The summed E-state index contributed by atoms with van der Waals surface area (Å²) in [4.78, 5) is 12.8. The van der Waals surface area contributed by atoms with Crippen LogP contribution in [0.3, 0.4) is 0 Å². The van der Waals surface area contributed by atoms with Crippen molar-refractivity contribution in [2.75, 3.05) is 6.61 Å². The van der Waals surface area contributed by atoms with E-state index < -0.39 is 29.0 Å². The van der Waals surface area contributed by atoms with Crippen molar-refractivity contribution in [3.8, 4) is 0 Å². The van der Waals surface area contributed by atoms with Gasteiger partial charge in [0, 0.05) is 12.0 Å². The third-order valence-electron chi connectivity index (χ3n) is 12.3. The standard InChI is InChI=1S/C30H48O5/c1-17(2)19-8-12-30(26(34)35)14-13-27(5)21(24(19)30)16-22(32)25-28(27,6)11-9-20(18(3)4)29(25,7)23(33)10-15-31/h19-25,31-33H,1,3,8-16H2,2,4-7H3,(H,34,35)/t19-,20-,21+,22+,23+,24+,25-,27+,28+,29+,30-/m0/s1. The minimum Gasteiger partial charge on any atom is -0.481 e. The van der Waals surface area contributed by atoms with Crippen LogP contribution in [0.4, 0.5) is 0 Å². The number of carbonyl (C=O) groups is 1. The Kier molecular flexibility index (Phi) is 6.68. The Morgan fingerprint density at radius 1 is 1.00 bits per heavy atom. The fraction of sp³-hybridized carbons (Fsp3) is 0.833. The van der Waals surface area contributed by atoms with Gasteiger partial charge in [-0.1, -0.05) is 45.1 Å². The highest BCUT2D eigenvalue weighted by Gasteiger charge is 2.73. The first kappa shape index (κ1) is 26.9. The van der Waals surface area contributed by atoms with E-state index in [9.17, 15) is 25.2 Å². The third kappa shape index (κ3) is 3.40. The fourth-order valence-corrected chi connectivity index (χ4v) is 10.5. The number of rotatable bonds is 6. The molecule has 35 heavy (non-hydrogen) atoms. The molecule has 0 bridgehead atoms. The maximum atomic E-state index is 12.8. The highest BCUT2D eigenvalue weighted by molar-refractivity contribution is 5.76. The summed E-state index contributed by atoms with van der Waals surface area (Å²) in [5.74, 6) is -0.529. The van der Waals surface area contributed by atoms with Gasteiger partial charge in [0.05, 0.1) is 17.6 Å². The normalized spacial score (nSPS) is 49.9. The van der Waals surface area contributed by atoms with Crippen molar-refractivity contribution < 1.29 is 25.2 Å². The molecule has 0 aromatic carbocycles. The Balaban J connectivity index is 1.86. The van der Waals surface area contributed by atoms with Crippen molar-refractivity contribution in [3.05, 3.63) is 24.3 Å². The van der Waals surface area contributed by atoms with Gasteiger partial charge in [-0.2, -0.15) is 0 Å². The summed E-state index contributed by atoms with van der Waals surface area (Å²) in [7, 11) is 0. The Morgan fingerprint density at radius 2 is 1.66 bits per heavy atom. The van der Waals surface area contributed by atoms with E-state index in [1.807, 2.05) is 13.8 Å². The Labute approximate surface area is 211 Å². The summed E-state index contributed by atoms with van der Waals surface area (Å²) in [5, 5.41) is 43.7. The summed E-state index contributed by atoms with van der Waals surface area (Å²) in [6, 6.07) is 0. The van der Waals surface area contributed by atoms with Gasteiger partial charge in [0.1, 0.15) is 0 Å².